The molecule has 4 rings (SSSR count). The Bertz CT molecular complexity index is 973. The Kier molecular flexibility index (Phi) is 5.76. The minimum absolute atomic E-state index is 0.105. The number of aliphatic imine (C=N–C) groups is 1. The van der Waals surface area contributed by atoms with Crippen LogP contribution in [-0.4, -0.2) is 41.6 Å². The van der Waals surface area contributed by atoms with E-state index in [9.17, 15) is 4.79 Å². The third kappa shape index (κ3) is 3.91. The first kappa shape index (κ1) is 20.4. The Hall–Kier alpha value is -2.88. The molecule has 2 aliphatic heterocycles. The zero-order valence-corrected chi connectivity index (χ0v) is 18.4. The number of amides is 1. The summed E-state index contributed by atoms with van der Waals surface area (Å²) < 4.78 is 0. The van der Waals surface area contributed by atoms with Gasteiger partial charge in [-0.15, -0.1) is 0 Å². The summed E-state index contributed by atoms with van der Waals surface area (Å²) in [6.45, 7) is 8.63. The fourth-order valence-corrected chi connectivity index (χ4v) is 4.45. The highest BCUT2D eigenvalue weighted by molar-refractivity contribution is 6.12. The molecule has 2 aromatic rings. The lowest BCUT2D eigenvalue weighted by Crippen LogP contribution is -2.34. The average molecular weight is 402 g/mol. The van der Waals surface area contributed by atoms with Gasteiger partial charge in [-0.3, -0.25) is 9.79 Å². The standard InChI is InChI=1S/C26H31N3O/c1-18(2)16-22-23-24(21-12-10-19(3)11-13-21)29(17-20-8-6-5-7-9-20)26(30)25(23)28(4)15-14-27-22/h5-13,18,24H,14-17H2,1-4H3. The maximum absolute atomic E-state index is 13.8. The van der Waals surface area contributed by atoms with Crippen molar-refractivity contribution in [3.8, 4) is 0 Å². The summed E-state index contributed by atoms with van der Waals surface area (Å²) in [5.74, 6) is 0.595. The molecule has 0 aliphatic carbocycles. The molecule has 30 heavy (non-hydrogen) atoms. The molecular weight excluding hydrogens is 370 g/mol. The van der Waals surface area contributed by atoms with Crippen LogP contribution in [0.3, 0.4) is 0 Å². The van der Waals surface area contributed by atoms with Crippen LogP contribution in [0.1, 0.15) is 43.0 Å². The molecule has 2 heterocycles. The van der Waals surface area contributed by atoms with Crippen LogP contribution >= 0.6 is 0 Å². The predicted molar refractivity (Wildman–Crippen MR) is 122 cm³/mol. The molecule has 0 saturated heterocycles. The molecule has 1 unspecified atom stereocenters. The third-order valence-corrected chi connectivity index (χ3v) is 5.92. The maximum atomic E-state index is 13.8. The van der Waals surface area contributed by atoms with Gasteiger partial charge in [0, 0.05) is 31.4 Å². The van der Waals surface area contributed by atoms with Gasteiger partial charge >= 0.3 is 0 Å². The molecular formula is C26H31N3O. The van der Waals surface area contributed by atoms with Crippen molar-refractivity contribution < 1.29 is 4.79 Å². The van der Waals surface area contributed by atoms with Crippen molar-refractivity contribution in [3.63, 3.8) is 0 Å². The first-order valence-electron chi connectivity index (χ1n) is 10.9. The molecule has 0 radical (unpaired) electrons. The number of hydrogen-bond acceptors (Lipinski definition) is 3. The number of hydrogen-bond donors (Lipinski definition) is 0. The summed E-state index contributed by atoms with van der Waals surface area (Å²) in [4.78, 5) is 22.9. The van der Waals surface area contributed by atoms with Crippen molar-refractivity contribution in [2.24, 2.45) is 10.9 Å². The topological polar surface area (TPSA) is 35.9 Å². The molecule has 1 atom stereocenters. The zero-order valence-electron chi connectivity index (χ0n) is 18.4. The van der Waals surface area contributed by atoms with Crippen molar-refractivity contribution in [1.82, 2.24) is 9.80 Å². The number of benzene rings is 2. The quantitative estimate of drug-likeness (QED) is 0.724. The molecule has 0 bridgehead atoms. The normalized spacial score (nSPS) is 19.3. The van der Waals surface area contributed by atoms with E-state index < -0.39 is 0 Å². The van der Waals surface area contributed by atoms with Crippen LogP contribution in [0, 0.1) is 12.8 Å². The van der Waals surface area contributed by atoms with E-state index in [1.54, 1.807) is 0 Å². The monoisotopic (exact) mass is 401 g/mol. The number of likely N-dealkylation sites (N-methyl/N-ethyl adjacent to an activating group) is 1. The Morgan fingerprint density at radius 2 is 1.77 bits per heavy atom. The summed E-state index contributed by atoms with van der Waals surface area (Å²) >= 11 is 0. The Morgan fingerprint density at radius 1 is 1.07 bits per heavy atom. The highest BCUT2D eigenvalue weighted by Gasteiger charge is 2.44. The molecule has 156 valence electrons. The highest BCUT2D eigenvalue weighted by Crippen LogP contribution is 2.42. The van der Waals surface area contributed by atoms with Crippen LogP contribution in [-0.2, 0) is 11.3 Å². The fraction of sp³-hybridized carbons (Fsp3) is 0.385. The maximum Gasteiger partial charge on any atom is 0.271 e. The van der Waals surface area contributed by atoms with Crippen LogP contribution in [0.4, 0.5) is 0 Å². The molecule has 4 heteroatoms. The summed E-state index contributed by atoms with van der Waals surface area (Å²) in [5, 5.41) is 0. The lowest BCUT2D eigenvalue weighted by atomic mass is 9.90. The molecule has 2 aliphatic rings. The van der Waals surface area contributed by atoms with Crippen LogP contribution in [0.25, 0.3) is 0 Å². The lowest BCUT2D eigenvalue weighted by Gasteiger charge is -2.29. The number of aryl methyl sites for hydroxylation is 1. The van der Waals surface area contributed by atoms with E-state index in [0.717, 1.165) is 47.6 Å². The van der Waals surface area contributed by atoms with Gasteiger partial charge in [-0.25, -0.2) is 0 Å². The van der Waals surface area contributed by atoms with E-state index in [4.69, 9.17) is 4.99 Å². The highest BCUT2D eigenvalue weighted by atomic mass is 16.2. The summed E-state index contributed by atoms with van der Waals surface area (Å²) in [6.07, 6.45) is 0.890. The van der Waals surface area contributed by atoms with E-state index >= 15 is 0 Å². The van der Waals surface area contributed by atoms with Crippen molar-refractivity contribution in [2.75, 3.05) is 20.1 Å². The van der Waals surface area contributed by atoms with E-state index in [2.05, 4.69) is 62.1 Å². The number of carbonyl (C=O) groups excluding carboxylic acids is 1. The third-order valence-electron chi connectivity index (χ3n) is 5.92. The fourth-order valence-electron chi connectivity index (χ4n) is 4.45. The minimum atomic E-state index is -0.105. The Labute approximate surface area is 179 Å². The summed E-state index contributed by atoms with van der Waals surface area (Å²) in [6, 6.07) is 18.8. The van der Waals surface area contributed by atoms with Crippen LogP contribution in [0.5, 0.6) is 0 Å². The van der Waals surface area contributed by atoms with Gasteiger partial charge < -0.3 is 9.80 Å². The molecule has 4 nitrogen and oxygen atoms in total. The van der Waals surface area contributed by atoms with Crippen LogP contribution in [0.2, 0.25) is 0 Å². The SMILES string of the molecule is Cc1ccc(C2C3=C(C(=O)N2Cc2ccccc2)N(C)CCN=C3CC(C)C)cc1. The largest absolute Gasteiger partial charge is 0.368 e. The zero-order chi connectivity index (χ0) is 21.3. The molecule has 0 saturated carbocycles. The Morgan fingerprint density at radius 3 is 2.43 bits per heavy atom. The Balaban J connectivity index is 1.84. The molecule has 0 spiro atoms. The van der Waals surface area contributed by atoms with E-state index in [-0.39, 0.29) is 11.9 Å². The molecule has 0 fully saturated rings. The van der Waals surface area contributed by atoms with Gasteiger partial charge in [0.25, 0.3) is 5.91 Å². The van der Waals surface area contributed by atoms with Crippen molar-refractivity contribution >= 4 is 11.6 Å². The van der Waals surface area contributed by atoms with E-state index in [1.165, 1.54) is 5.56 Å². The summed E-state index contributed by atoms with van der Waals surface area (Å²) in [5.41, 5.74) is 6.55. The first-order valence-corrected chi connectivity index (χ1v) is 10.9. The second-order valence-corrected chi connectivity index (χ2v) is 8.84. The van der Waals surface area contributed by atoms with Gasteiger partial charge in [0.05, 0.1) is 12.6 Å². The van der Waals surface area contributed by atoms with Gasteiger partial charge in [-0.2, -0.15) is 0 Å². The average Bonchev–Trinajstić information content (AvgIpc) is 2.90. The molecule has 1 amide bonds. The second kappa shape index (κ2) is 8.47. The number of nitrogens with zero attached hydrogens (tertiary/aromatic N) is 3. The summed E-state index contributed by atoms with van der Waals surface area (Å²) in [7, 11) is 2.03. The molecule has 0 N–H and O–H groups in total. The van der Waals surface area contributed by atoms with Gasteiger partial charge in [-0.05, 0) is 30.4 Å². The van der Waals surface area contributed by atoms with Crippen LogP contribution < -0.4 is 0 Å². The van der Waals surface area contributed by atoms with Gasteiger partial charge in [0.2, 0.25) is 0 Å². The van der Waals surface area contributed by atoms with Gasteiger partial charge in [-0.1, -0.05) is 74.0 Å². The minimum Gasteiger partial charge on any atom is -0.368 e. The number of carbonyl (C=O) groups is 1. The number of rotatable bonds is 5. The van der Waals surface area contributed by atoms with Gasteiger partial charge in [0.1, 0.15) is 5.70 Å². The molecule has 0 aromatic heterocycles. The molecule has 2 aromatic carbocycles. The van der Waals surface area contributed by atoms with Crippen LogP contribution in [0.15, 0.2) is 70.9 Å². The van der Waals surface area contributed by atoms with E-state index in [1.807, 2.05) is 30.1 Å². The smallest absolute Gasteiger partial charge is 0.271 e. The van der Waals surface area contributed by atoms with Crippen molar-refractivity contribution in [1.29, 1.82) is 0 Å². The van der Waals surface area contributed by atoms with E-state index in [0.29, 0.717) is 12.5 Å². The first-order chi connectivity index (χ1) is 14.5. The lowest BCUT2D eigenvalue weighted by molar-refractivity contribution is -0.129. The predicted octanol–water partition coefficient (Wildman–Crippen LogP) is 4.77. The van der Waals surface area contributed by atoms with Crippen molar-refractivity contribution in [3.05, 3.63) is 82.6 Å². The second-order valence-electron chi connectivity index (χ2n) is 8.84. The van der Waals surface area contributed by atoms with Gasteiger partial charge in [0.15, 0.2) is 0 Å². The van der Waals surface area contributed by atoms with Crippen molar-refractivity contribution in [2.45, 2.75) is 39.8 Å².